The lowest BCUT2D eigenvalue weighted by Crippen LogP contribution is -2.62. The molecule has 0 heterocycles. The summed E-state index contributed by atoms with van der Waals surface area (Å²) < 4.78 is 0. The van der Waals surface area contributed by atoms with Gasteiger partial charge in [0.05, 0.1) is 0 Å². The van der Waals surface area contributed by atoms with Crippen LogP contribution in [0, 0.1) is 30.3 Å². The highest BCUT2D eigenvalue weighted by atomic mass is 17.1. The average molecular weight is 289 g/mol. The zero-order valence-corrected chi connectivity index (χ0v) is 8.77. The van der Waals surface area contributed by atoms with Gasteiger partial charge in [0.2, 0.25) is 0 Å². The van der Waals surface area contributed by atoms with E-state index in [4.69, 9.17) is 5.11 Å². The van der Waals surface area contributed by atoms with Crippen molar-refractivity contribution in [2.45, 2.75) is 18.2 Å². The molecule has 0 spiro atoms. The monoisotopic (exact) mass is 289 g/mol. The maximum atomic E-state index is 10.1. The summed E-state index contributed by atoms with van der Waals surface area (Å²) in [6.07, 6.45) is -1.29. The van der Waals surface area contributed by atoms with E-state index < -0.39 is 40.0 Å². The van der Waals surface area contributed by atoms with Crippen LogP contribution in [0.15, 0.2) is 0 Å². The Morgan fingerprint density at radius 3 is 1.53 bits per heavy atom. The summed E-state index contributed by atoms with van der Waals surface area (Å²) in [5.74, 6) is -7.92. The third kappa shape index (κ3) is 4.33. The summed E-state index contributed by atoms with van der Waals surface area (Å²) in [5, 5.41) is 52.1. The van der Waals surface area contributed by atoms with Crippen LogP contribution in [0.4, 0.5) is 0 Å². The van der Waals surface area contributed by atoms with Gasteiger partial charge in [-0.1, -0.05) is 0 Å². The number of hydrogen-bond acceptors (Lipinski definition) is 12. The van der Waals surface area contributed by atoms with E-state index >= 15 is 0 Å². The third-order valence-electron chi connectivity index (χ3n) is 1.57. The molecule has 0 fully saturated rings. The molecule has 1 atom stereocenters. The first-order valence-electron chi connectivity index (χ1n) is 4.12. The average Bonchev–Trinajstić information content (AvgIpc) is 2.12. The normalized spacial score (nSPS) is 14.1. The Kier molecular flexibility index (Phi) is 5.11. The first kappa shape index (κ1) is 16.5. The van der Waals surface area contributed by atoms with Gasteiger partial charge in [-0.15, -0.1) is 30.3 Å². The van der Waals surface area contributed by atoms with Crippen LogP contribution in [0.25, 0.3) is 0 Å². The molecule has 110 valence electrons. The minimum absolute atomic E-state index is 1.13. The first-order chi connectivity index (χ1) is 8.56. The molecule has 0 rings (SSSR count). The van der Waals surface area contributed by atoms with Crippen molar-refractivity contribution in [3.8, 4) is 0 Å². The maximum absolute atomic E-state index is 10.1. The fourth-order valence-electron chi connectivity index (χ4n) is 0.898. The van der Waals surface area contributed by atoms with Gasteiger partial charge < -0.3 is 15.3 Å². The first-order valence-corrected chi connectivity index (χ1v) is 4.12. The minimum atomic E-state index is -4.18. The smallest absolute Gasteiger partial charge is 0.396 e. The zero-order valence-electron chi connectivity index (χ0n) is 8.77. The van der Waals surface area contributed by atoms with Gasteiger partial charge in [0.15, 0.2) is 0 Å². The van der Waals surface area contributed by atoms with Gasteiger partial charge in [-0.2, -0.15) is 0 Å². The van der Waals surface area contributed by atoms with Crippen LogP contribution >= 0.6 is 0 Å². The molecule has 0 aliphatic heterocycles. The summed E-state index contributed by atoms with van der Waals surface area (Å²) in [4.78, 5) is 40.2. The number of nitrogens with zero attached hydrogens (tertiary/aromatic N) is 3. The molecule has 3 N–H and O–H groups in total. The van der Waals surface area contributed by atoms with E-state index in [0.29, 0.717) is 0 Å². The minimum Gasteiger partial charge on any atom is -0.396 e. The van der Waals surface area contributed by atoms with Gasteiger partial charge in [-0.25, -0.2) is 9.68 Å². The molecule has 19 heavy (non-hydrogen) atoms. The van der Waals surface area contributed by atoms with E-state index in [1.165, 1.54) is 0 Å². The van der Waals surface area contributed by atoms with Crippen molar-refractivity contribution < 1.29 is 45.1 Å². The van der Waals surface area contributed by atoms with Gasteiger partial charge in [-0.3, -0.25) is 4.84 Å². The van der Waals surface area contributed by atoms with Crippen LogP contribution in [-0.4, -0.2) is 48.9 Å². The van der Waals surface area contributed by atoms with Crippen molar-refractivity contribution >= 4 is 0 Å². The summed E-state index contributed by atoms with van der Waals surface area (Å²) in [6.45, 7) is -1.13. The van der Waals surface area contributed by atoms with E-state index in [-0.39, 0.29) is 0 Å². The van der Waals surface area contributed by atoms with Gasteiger partial charge in [0.1, 0.15) is 0 Å². The lowest BCUT2D eigenvalue weighted by Gasteiger charge is -2.35. The van der Waals surface area contributed by atoms with Gasteiger partial charge >= 0.3 is 5.97 Å². The molecule has 15 heteroatoms. The molecule has 0 aromatic rings. The van der Waals surface area contributed by atoms with Crippen molar-refractivity contribution in [1.29, 1.82) is 0 Å². The van der Waals surface area contributed by atoms with Crippen molar-refractivity contribution in [3.63, 3.8) is 0 Å². The molecular formula is C4H7N3O12. The molecule has 15 nitrogen and oxygen atoms in total. The molecule has 0 bridgehead atoms. The van der Waals surface area contributed by atoms with Crippen LogP contribution in [0.2, 0.25) is 0 Å². The molecular weight excluding hydrogens is 282 g/mol. The molecule has 0 radical (unpaired) electrons. The Balaban J connectivity index is 5.51. The number of aliphatic hydroxyl groups is 3. The highest BCUT2D eigenvalue weighted by molar-refractivity contribution is 4.75. The Labute approximate surface area is 101 Å². The van der Waals surface area contributed by atoms with Gasteiger partial charge in [0.25, 0.3) is 21.0 Å². The van der Waals surface area contributed by atoms with Gasteiger partial charge in [-0.05, 0) is 0 Å². The Morgan fingerprint density at radius 2 is 1.26 bits per heavy atom. The Hall–Kier alpha value is -2.52. The van der Waals surface area contributed by atoms with Crippen molar-refractivity contribution in [2.24, 2.45) is 0 Å². The van der Waals surface area contributed by atoms with Crippen molar-refractivity contribution in [3.05, 3.63) is 30.3 Å². The zero-order chi connectivity index (χ0) is 15.3. The second-order valence-electron chi connectivity index (χ2n) is 2.78. The number of hydrogen-bond donors (Lipinski definition) is 3. The lowest BCUT2D eigenvalue weighted by atomic mass is 10.1. The van der Waals surface area contributed by atoms with E-state index in [0.717, 1.165) is 0 Å². The fourth-order valence-corrected chi connectivity index (χ4v) is 0.898. The quantitative estimate of drug-likeness (QED) is 0.224. The summed E-state index contributed by atoms with van der Waals surface area (Å²) in [6, 6.07) is 0. The molecule has 0 saturated carbocycles. The van der Waals surface area contributed by atoms with E-state index in [2.05, 4.69) is 14.5 Å². The van der Waals surface area contributed by atoms with Gasteiger partial charge in [0, 0.05) is 13.0 Å². The number of rotatable bonds is 9. The second-order valence-corrected chi connectivity index (χ2v) is 2.78. The summed E-state index contributed by atoms with van der Waals surface area (Å²) in [7, 11) is 0. The maximum Gasteiger partial charge on any atom is 0.417 e. The van der Waals surface area contributed by atoms with Crippen LogP contribution < -0.4 is 0 Å². The van der Waals surface area contributed by atoms with E-state index in [1.54, 1.807) is 0 Å². The Morgan fingerprint density at radius 1 is 0.895 bits per heavy atom. The van der Waals surface area contributed by atoms with Crippen molar-refractivity contribution in [2.75, 3.05) is 6.61 Å². The van der Waals surface area contributed by atoms with Crippen molar-refractivity contribution in [1.82, 2.24) is 0 Å². The summed E-state index contributed by atoms with van der Waals surface area (Å²) >= 11 is 0. The van der Waals surface area contributed by atoms with Crippen LogP contribution in [-0.2, 0) is 14.5 Å². The predicted molar refractivity (Wildman–Crippen MR) is 45.8 cm³/mol. The highest BCUT2D eigenvalue weighted by Gasteiger charge is 2.60. The molecule has 1 unspecified atom stereocenters. The molecule has 0 aromatic heterocycles. The second kappa shape index (κ2) is 5.89. The molecule has 0 saturated heterocycles. The molecule has 0 amide bonds. The Bertz CT molecular complexity index is 354. The van der Waals surface area contributed by atoms with Crippen LogP contribution in [0.5, 0.6) is 0 Å². The van der Waals surface area contributed by atoms with Crippen LogP contribution in [0.3, 0.4) is 0 Å². The molecule has 0 aliphatic carbocycles. The largest absolute Gasteiger partial charge is 0.417 e. The lowest BCUT2D eigenvalue weighted by molar-refractivity contribution is -0.926. The SMILES string of the molecule is O=[N+]([O-])OC(O)(CCO)C(O)(O[N+](=O)[O-])O[N+](=O)[O-]. The number of aliphatic hydroxyl groups excluding tert-OH is 1. The highest BCUT2D eigenvalue weighted by Crippen LogP contribution is 2.30. The molecule has 0 aromatic carbocycles. The topological polar surface area (TPSA) is 218 Å². The third-order valence-corrected chi connectivity index (χ3v) is 1.57. The fraction of sp³-hybridized carbons (Fsp3) is 1.00. The van der Waals surface area contributed by atoms with E-state index in [9.17, 15) is 40.6 Å². The molecule has 0 aliphatic rings. The summed E-state index contributed by atoms with van der Waals surface area (Å²) in [5.41, 5.74) is 0. The van der Waals surface area contributed by atoms with E-state index in [1.807, 2.05) is 0 Å². The standard InChI is InChI=1S/C4H7N3O12/c8-2-1-3(9,17-5(11)12)4(10,18-6(13)14)19-7(15)16/h8-10H,1-2H2. The van der Waals surface area contributed by atoms with Crippen LogP contribution in [0.1, 0.15) is 6.42 Å². The predicted octanol–water partition coefficient (Wildman–Crippen LogP) is -2.67.